The normalized spacial score (nSPS) is 10.9. The van der Waals surface area contributed by atoms with Gasteiger partial charge in [0.15, 0.2) is 5.65 Å². The Morgan fingerprint density at radius 1 is 1.26 bits per heavy atom. The minimum Gasteiger partial charge on any atom is -0.339 e. The van der Waals surface area contributed by atoms with Crippen LogP contribution in [0.25, 0.3) is 11.0 Å². The molecule has 0 aliphatic carbocycles. The second-order valence-corrected chi connectivity index (χ2v) is 4.70. The Balaban J connectivity index is 2.11. The number of hydrogen-bond acceptors (Lipinski definition) is 4. The molecule has 0 bridgehead atoms. The number of nitrogens with one attached hydrogen (secondary N) is 1. The van der Waals surface area contributed by atoms with Gasteiger partial charge in [0.05, 0.1) is 11.1 Å². The number of fused-ring (bicyclic) bond motifs is 1. The van der Waals surface area contributed by atoms with Gasteiger partial charge in [-0.05, 0) is 25.1 Å². The predicted molar refractivity (Wildman–Crippen MR) is 75.8 cm³/mol. The maximum Gasteiger partial charge on any atom is 0.163 e. The molecule has 5 nitrogen and oxygen atoms in total. The second kappa shape index (κ2) is 4.51. The molecule has 6 heteroatoms. The lowest BCUT2D eigenvalue weighted by Gasteiger charge is -2.07. The highest BCUT2D eigenvalue weighted by Crippen LogP contribution is 2.26. The van der Waals surface area contributed by atoms with Crippen LogP contribution < -0.4 is 5.32 Å². The van der Waals surface area contributed by atoms with Crippen molar-refractivity contribution < 1.29 is 0 Å². The molecule has 3 aromatic rings. The molecule has 2 aromatic heterocycles. The number of benzene rings is 1. The molecule has 19 heavy (non-hydrogen) atoms. The highest BCUT2D eigenvalue weighted by molar-refractivity contribution is 6.30. The van der Waals surface area contributed by atoms with Crippen LogP contribution in [0, 0.1) is 6.92 Å². The summed E-state index contributed by atoms with van der Waals surface area (Å²) in [5, 5.41) is 9.21. The minimum absolute atomic E-state index is 0.679. The average Bonchev–Trinajstić information content (AvgIpc) is 2.66. The van der Waals surface area contributed by atoms with E-state index in [1.165, 1.54) is 6.33 Å². The first kappa shape index (κ1) is 11.9. The molecule has 0 aliphatic rings. The van der Waals surface area contributed by atoms with Gasteiger partial charge in [0.2, 0.25) is 0 Å². The maximum absolute atomic E-state index is 5.98. The van der Waals surface area contributed by atoms with Gasteiger partial charge in [-0.25, -0.2) is 9.97 Å². The Morgan fingerprint density at radius 3 is 2.89 bits per heavy atom. The van der Waals surface area contributed by atoms with Gasteiger partial charge < -0.3 is 5.32 Å². The van der Waals surface area contributed by atoms with Crippen LogP contribution in [-0.2, 0) is 7.05 Å². The van der Waals surface area contributed by atoms with Crippen LogP contribution in [-0.4, -0.2) is 19.7 Å². The second-order valence-electron chi connectivity index (χ2n) is 4.27. The smallest absolute Gasteiger partial charge is 0.163 e. The van der Waals surface area contributed by atoms with Gasteiger partial charge in [-0.1, -0.05) is 17.7 Å². The fraction of sp³-hybridized carbons (Fsp3) is 0.154. The van der Waals surface area contributed by atoms with Crippen LogP contribution in [0.4, 0.5) is 11.5 Å². The summed E-state index contributed by atoms with van der Waals surface area (Å²) in [4.78, 5) is 8.53. The number of aromatic nitrogens is 4. The Hall–Kier alpha value is -2.14. The standard InChI is InChI=1S/C13H12ClN5/c1-8-11-12(15-7-16-13(11)19(2)18-8)17-10-5-3-4-9(14)6-10/h3-7H,1-2H3,(H,15,16,17). The van der Waals surface area contributed by atoms with Crippen LogP contribution >= 0.6 is 11.6 Å². The van der Waals surface area contributed by atoms with E-state index >= 15 is 0 Å². The minimum atomic E-state index is 0.679. The molecular weight excluding hydrogens is 262 g/mol. The third kappa shape index (κ3) is 2.13. The number of hydrogen-bond donors (Lipinski definition) is 1. The summed E-state index contributed by atoms with van der Waals surface area (Å²) >= 11 is 5.98. The van der Waals surface area contributed by atoms with Crippen molar-refractivity contribution in [3.8, 4) is 0 Å². The first-order valence-corrected chi connectivity index (χ1v) is 6.20. The van der Waals surface area contributed by atoms with Crippen LogP contribution in [0.3, 0.4) is 0 Å². The summed E-state index contributed by atoms with van der Waals surface area (Å²) in [6, 6.07) is 7.50. The first-order valence-electron chi connectivity index (χ1n) is 5.82. The molecule has 3 rings (SSSR count). The fourth-order valence-electron chi connectivity index (χ4n) is 2.07. The molecule has 0 saturated carbocycles. The van der Waals surface area contributed by atoms with E-state index in [0.29, 0.717) is 5.02 Å². The Morgan fingerprint density at radius 2 is 2.11 bits per heavy atom. The van der Waals surface area contributed by atoms with Gasteiger partial charge in [0, 0.05) is 17.8 Å². The van der Waals surface area contributed by atoms with Crippen LogP contribution in [0.2, 0.25) is 5.02 Å². The van der Waals surface area contributed by atoms with Gasteiger partial charge in [-0.3, -0.25) is 4.68 Å². The topological polar surface area (TPSA) is 55.6 Å². The summed E-state index contributed by atoms with van der Waals surface area (Å²) in [6.07, 6.45) is 1.52. The van der Waals surface area contributed by atoms with Crippen molar-refractivity contribution >= 4 is 34.1 Å². The van der Waals surface area contributed by atoms with E-state index in [1.54, 1.807) is 4.68 Å². The number of nitrogens with zero attached hydrogens (tertiary/aromatic N) is 4. The lowest BCUT2D eigenvalue weighted by Crippen LogP contribution is -1.97. The van der Waals surface area contributed by atoms with E-state index < -0.39 is 0 Å². The first-order chi connectivity index (χ1) is 9.15. The van der Waals surface area contributed by atoms with Crippen molar-refractivity contribution in [2.45, 2.75) is 6.92 Å². The number of anilines is 2. The van der Waals surface area contributed by atoms with E-state index in [4.69, 9.17) is 11.6 Å². The summed E-state index contributed by atoms with van der Waals surface area (Å²) < 4.78 is 1.75. The van der Waals surface area contributed by atoms with E-state index in [-0.39, 0.29) is 0 Å². The zero-order valence-corrected chi connectivity index (χ0v) is 11.3. The van der Waals surface area contributed by atoms with Crippen molar-refractivity contribution in [1.82, 2.24) is 19.7 Å². The molecule has 0 aliphatic heterocycles. The van der Waals surface area contributed by atoms with Crippen molar-refractivity contribution in [3.05, 3.63) is 41.3 Å². The molecule has 0 unspecified atom stereocenters. The molecule has 0 radical (unpaired) electrons. The van der Waals surface area contributed by atoms with Gasteiger partial charge in [0.1, 0.15) is 12.1 Å². The van der Waals surface area contributed by atoms with Gasteiger partial charge in [-0.15, -0.1) is 0 Å². The molecule has 0 spiro atoms. The molecule has 96 valence electrons. The maximum atomic E-state index is 5.98. The number of rotatable bonds is 2. The van der Waals surface area contributed by atoms with Crippen molar-refractivity contribution in [3.63, 3.8) is 0 Å². The Bertz CT molecular complexity index is 750. The molecule has 0 amide bonds. The van der Waals surface area contributed by atoms with Crippen LogP contribution in [0.5, 0.6) is 0 Å². The highest BCUT2D eigenvalue weighted by atomic mass is 35.5. The van der Waals surface area contributed by atoms with Gasteiger partial charge >= 0.3 is 0 Å². The predicted octanol–water partition coefficient (Wildman–Crippen LogP) is 3.07. The van der Waals surface area contributed by atoms with Crippen molar-refractivity contribution in [2.24, 2.45) is 7.05 Å². The van der Waals surface area contributed by atoms with E-state index in [1.807, 2.05) is 38.2 Å². The molecule has 2 heterocycles. The number of halogens is 1. The van der Waals surface area contributed by atoms with Gasteiger partial charge in [0.25, 0.3) is 0 Å². The molecular formula is C13H12ClN5. The summed E-state index contributed by atoms with van der Waals surface area (Å²) in [5.41, 5.74) is 2.58. The summed E-state index contributed by atoms with van der Waals surface area (Å²) in [6.45, 7) is 1.94. The zero-order chi connectivity index (χ0) is 13.4. The van der Waals surface area contributed by atoms with E-state index in [0.717, 1.165) is 28.2 Å². The number of aryl methyl sites for hydroxylation is 2. The van der Waals surface area contributed by atoms with Crippen molar-refractivity contribution in [2.75, 3.05) is 5.32 Å². The quantitative estimate of drug-likeness (QED) is 0.780. The van der Waals surface area contributed by atoms with Crippen molar-refractivity contribution in [1.29, 1.82) is 0 Å². The summed E-state index contributed by atoms with van der Waals surface area (Å²) in [5.74, 6) is 0.734. The lowest BCUT2D eigenvalue weighted by atomic mass is 10.2. The molecule has 0 saturated heterocycles. The third-order valence-corrected chi connectivity index (χ3v) is 3.12. The SMILES string of the molecule is Cc1nn(C)c2ncnc(Nc3cccc(Cl)c3)c12. The molecule has 1 aromatic carbocycles. The van der Waals surface area contributed by atoms with Crippen LogP contribution in [0.1, 0.15) is 5.69 Å². The molecule has 0 fully saturated rings. The van der Waals surface area contributed by atoms with E-state index in [2.05, 4.69) is 20.4 Å². The lowest BCUT2D eigenvalue weighted by molar-refractivity contribution is 0.773. The average molecular weight is 274 g/mol. The fourth-order valence-corrected chi connectivity index (χ4v) is 2.27. The van der Waals surface area contributed by atoms with Gasteiger partial charge in [-0.2, -0.15) is 5.10 Å². The Kier molecular flexibility index (Phi) is 2.83. The van der Waals surface area contributed by atoms with E-state index in [9.17, 15) is 0 Å². The van der Waals surface area contributed by atoms with Crippen LogP contribution in [0.15, 0.2) is 30.6 Å². The molecule has 0 atom stereocenters. The zero-order valence-electron chi connectivity index (χ0n) is 10.6. The third-order valence-electron chi connectivity index (χ3n) is 2.88. The highest BCUT2D eigenvalue weighted by Gasteiger charge is 2.12. The Labute approximate surface area is 115 Å². The monoisotopic (exact) mass is 273 g/mol. The molecule has 1 N–H and O–H groups in total. The summed E-state index contributed by atoms with van der Waals surface area (Å²) in [7, 11) is 1.87. The largest absolute Gasteiger partial charge is 0.339 e.